The first-order chi connectivity index (χ1) is 15.1. The van der Waals surface area contributed by atoms with Crippen LogP contribution in [0.5, 0.6) is 5.75 Å². The van der Waals surface area contributed by atoms with Gasteiger partial charge in [0.15, 0.2) is 0 Å². The zero-order chi connectivity index (χ0) is 23.9. The van der Waals surface area contributed by atoms with E-state index in [0.717, 1.165) is 4.31 Å². The zero-order valence-corrected chi connectivity index (χ0v) is 20.0. The van der Waals surface area contributed by atoms with Crippen LogP contribution in [0.15, 0.2) is 47.4 Å². The Bertz CT molecular complexity index is 1070. The van der Waals surface area contributed by atoms with Gasteiger partial charge >= 0.3 is 0 Å². The van der Waals surface area contributed by atoms with Crippen molar-refractivity contribution in [2.75, 3.05) is 33.1 Å². The second-order valence-corrected chi connectivity index (χ2v) is 10.1. The smallest absolute Gasteiger partial charge is 0.253 e. The third-order valence-electron chi connectivity index (χ3n) is 4.77. The topological polar surface area (TPSA) is 105 Å². The van der Waals surface area contributed by atoms with Crippen molar-refractivity contribution in [1.82, 2.24) is 9.62 Å². The van der Waals surface area contributed by atoms with E-state index in [9.17, 15) is 18.0 Å². The number of carbonyl (C=O) groups is 2. The summed E-state index contributed by atoms with van der Waals surface area (Å²) in [4.78, 5) is 25.2. The molecule has 2 amide bonds. The van der Waals surface area contributed by atoms with Crippen LogP contribution in [-0.2, 0) is 21.2 Å². The van der Waals surface area contributed by atoms with Crippen LogP contribution in [0.2, 0.25) is 0 Å². The number of benzene rings is 2. The summed E-state index contributed by atoms with van der Waals surface area (Å²) in [5.74, 6) is 0.265. The fraction of sp³-hybridized carbons (Fsp3) is 0.391. The molecule has 2 N–H and O–H groups in total. The molecule has 2 aromatic carbocycles. The number of rotatable bonds is 10. The normalized spacial score (nSPS) is 11.5. The van der Waals surface area contributed by atoms with E-state index in [1.165, 1.54) is 33.3 Å². The lowest BCUT2D eigenvalue weighted by molar-refractivity contribution is -0.116. The SMILES string of the molecule is COc1ccc(S(=O)(=O)N(C)C)cc1CCC(=O)Nc1ccccc1C(=O)NCC(C)C. The molecule has 0 aliphatic rings. The van der Waals surface area contributed by atoms with Crippen molar-refractivity contribution in [1.29, 1.82) is 0 Å². The summed E-state index contributed by atoms with van der Waals surface area (Å²) < 4.78 is 31.3. The molecule has 0 saturated heterocycles. The van der Waals surface area contributed by atoms with Gasteiger partial charge in [-0.25, -0.2) is 12.7 Å². The number of carbonyl (C=O) groups excluding carboxylic acids is 2. The van der Waals surface area contributed by atoms with E-state index < -0.39 is 10.0 Å². The maximum Gasteiger partial charge on any atom is 0.253 e. The zero-order valence-electron chi connectivity index (χ0n) is 19.1. The number of aryl methyl sites for hydroxylation is 1. The summed E-state index contributed by atoms with van der Waals surface area (Å²) in [6, 6.07) is 11.4. The van der Waals surface area contributed by atoms with Crippen LogP contribution in [0.4, 0.5) is 5.69 Å². The highest BCUT2D eigenvalue weighted by Gasteiger charge is 2.20. The second-order valence-electron chi connectivity index (χ2n) is 7.96. The minimum absolute atomic E-state index is 0.0871. The van der Waals surface area contributed by atoms with Gasteiger partial charge in [0.05, 0.1) is 23.3 Å². The summed E-state index contributed by atoms with van der Waals surface area (Å²) in [7, 11) is 0.805. The predicted octanol–water partition coefficient (Wildman–Crippen LogP) is 2.90. The number of hydrogen-bond acceptors (Lipinski definition) is 5. The highest BCUT2D eigenvalue weighted by atomic mass is 32.2. The number of anilines is 1. The lowest BCUT2D eigenvalue weighted by Gasteiger charge is -2.15. The molecule has 8 nitrogen and oxygen atoms in total. The largest absolute Gasteiger partial charge is 0.496 e. The Morgan fingerprint density at radius 2 is 1.78 bits per heavy atom. The third-order valence-corrected chi connectivity index (χ3v) is 6.58. The number of methoxy groups -OCH3 is 1. The average molecular weight is 462 g/mol. The first-order valence-electron chi connectivity index (χ1n) is 10.3. The second kappa shape index (κ2) is 11.1. The molecular weight excluding hydrogens is 430 g/mol. The van der Waals surface area contributed by atoms with Gasteiger partial charge < -0.3 is 15.4 Å². The van der Waals surface area contributed by atoms with Crippen molar-refractivity contribution in [3.8, 4) is 5.75 Å². The Kier molecular flexibility index (Phi) is 8.80. The highest BCUT2D eigenvalue weighted by Crippen LogP contribution is 2.25. The Labute approximate surface area is 190 Å². The molecule has 32 heavy (non-hydrogen) atoms. The molecule has 2 rings (SSSR count). The van der Waals surface area contributed by atoms with Gasteiger partial charge in [-0.05, 0) is 48.2 Å². The van der Waals surface area contributed by atoms with E-state index in [1.54, 1.807) is 30.3 Å². The minimum atomic E-state index is -3.61. The van der Waals surface area contributed by atoms with Gasteiger partial charge in [0.1, 0.15) is 5.75 Å². The number of hydrogen-bond donors (Lipinski definition) is 2. The van der Waals surface area contributed by atoms with Crippen LogP contribution in [0, 0.1) is 5.92 Å². The number of sulfonamides is 1. The molecular formula is C23H31N3O5S. The monoisotopic (exact) mass is 461 g/mol. The van der Waals surface area contributed by atoms with Gasteiger partial charge in [0, 0.05) is 27.1 Å². The number of nitrogens with one attached hydrogen (secondary N) is 2. The van der Waals surface area contributed by atoms with E-state index in [4.69, 9.17) is 4.74 Å². The van der Waals surface area contributed by atoms with Gasteiger partial charge in [0.25, 0.3) is 5.91 Å². The highest BCUT2D eigenvalue weighted by molar-refractivity contribution is 7.89. The lowest BCUT2D eigenvalue weighted by atomic mass is 10.1. The van der Waals surface area contributed by atoms with Crippen molar-refractivity contribution in [3.63, 3.8) is 0 Å². The first kappa shape index (κ1) is 25.4. The number of para-hydroxylation sites is 1. The van der Waals surface area contributed by atoms with Crippen molar-refractivity contribution in [3.05, 3.63) is 53.6 Å². The van der Waals surface area contributed by atoms with Crippen molar-refractivity contribution >= 4 is 27.5 Å². The van der Waals surface area contributed by atoms with Gasteiger partial charge in [-0.1, -0.05) is 26.0 Å². The van der Waals surface area contributed by atoms with Crippen molar-refractivity contribution in [2.24, 2.45) is 5.92 Å². The predicted molar refractivity (Wildman–Crippen MR) is 124 cm³/mol. The van der Waals surface area contributed by atoms with Crippen LogP contribution in [0.25, 0.3) is 0 Å². The van der Waals surface area contributed by atoms with Crippen molar-refractivity contribution in [2.45, 2.75) is 31.6 Å². The number of ether oxygens (including phenoxy) is 1. The Balaban J connectivity index is 2.13. The molecule has 2 aromatic rings. The summed E-state index contributed by atoms with van der Waals surface area (Å²) in [6.45, 7) is 4.54. The Morgan fingerprint density at radius 1 is 1.09 bits per heavy atom. The van der Waals surface area contributed by atoms with Crippen LogP contribution >= 0.6 is 0 Å². The molecule has 0 aliphatic heterocycles. The van der Waals surface area contributed by atoms with Gasteiger partial charge in [-0.3, -0.25) is 9.59 Å². The molecule has 0 fully saturated rings. The van der Waals surface area contributed by atoms with Crippen LogP contribution in [-0.4, -0.2) is 52.3 Å². The molecule has 0 unspecified atom stereocenters. The van der Waals surface area contributed by atoms with E-state index in [1.807, 2.05) is 13.8 Å². The van der Waals surface area contributed by atoms with E-state index in [-0.39, 0.29) is 29.6 Å². The summed E-state index contributed by atoms with van der Waals surface area (Å²) in [5, 5.41) is 5.63. The van der Waals surface area contributed by atoms with Crippen LogP contribution in [0.1, 0.15) is 36.2 Å². The molecule has 0 radical (unpaired) electrons. The molecule has 0 bridgehead atoms. The van der Waals surface area contributed by atoms with Crippen LogP contribution in [0.3, 0.4) is 0 Å². The first-order valence-corrected chi connectivity index (χ1v) is 11.8. The molecule has 0 saturated carbocycles. The van der Waals surface area contributed by atoms with Crippen LogP contribution < -0.4 is 15.4 Å². The molecule has 0 aromatic heterocycles. The van der Waals surface area contributed by atoms with Gasteiger partial charge in [-0.15, -0.1) is 0 Å². The van der Waals surface area contributed by atoms with Gasteiger partial charge in [0.2, 0.25) is 15.9 Å². The molecule has 9 heteroatoms. The standard InChI is InChI=1S/C23H31N3O5S/c1-16(2)15-24-23(28)19-8-6-7-9-20(19)25-22(27)13-10-17-14-18(11-12-21(17)31-5)32(29,30)26(3)4/h6-9,11-12,14,16H,10,13,15H2,1-5H3,(H,24,28)(H,25,27). The number of amides is 2. The maximum atomic E-state index is 12.6. The quantitative estimate of drug-likeness (QED) is 0.566. The molecule has 0 heterocycles. The molecule has 0 spiro atoms. The van der Waals surface area contributed by atoms with E-state index >= 15 is 0 Å². The Morgan fingerprint density at radius 3 is 2.41 bits per heavy atom. The average Bonchev–Trinajstić information content (AvgIpc) is 2.76. The summed E-state index contributed by atoms with van der Waals surface area (Å²) >= 11 is 0. The molecule has 174 valence electrons. The van der Waals surface area contributed by atoms with Crippen molar-refractivity contribution < 1.29 is 22.7 Å². The molecule has 0 atom stereocenters. The fourth-order valence-corrected chi connectivity index (χ4v) is 3.92. The summed E-state index contributed by atoms with van der Waals surface area (Å²) in [6.07, 6.45) is 0.358. The lowest BCUT2D eigenvalue weighted by Crippen LogP contribution is -2.28. The van der Waals surface area contributed by atoms with E-state index in [2.05, 4.69) is 10.6 Å². The fourth-order valence-electron chi connectivity index (χ4n) is 2.96. The Hall–Kier alpha value is -2.91. The maximum absolute atomic E-state index is 12.6. The molecule has 0 aliphatic carbocycles. The summed E-state index contributed by atoms with van der Waals surface area (Å²) in [5.41, 5.74) is 1.42. The third kappa shape index (κ3) is 6.54. The van der Waals surface area contributed by atoms with E-state index in [0.29, 0.717) is 35.0 Å². The van der Waals surface area contributed by atoms with Gasteiger partial charge in [-0.2, -0.15) is 0 Å². The minimum Gasteiger partial charge on any atom is -0.496 e. The number of nitrogens with zero attached hydrogens (tertiary/aromatic N) is 1.